The van der Waals surface area contributed by atoms with Crippen LogP contribution in [-0.2, 0) is 6.42 Å². The number of hydrogen-bond acceptors (Lipinski definition) is 3. The second kappa shape index (κ2) is 3.09. The maximum Gasteiger partial charge on any atom is 0.212 e. The number of nitrogens with zero attached hydrogens (tertiary/aromatic N) is 3. The lowest BCUT2D eigenvalue weighted by atomic mass is 10.1. The molecule has 17 heavy (non-hydrogen) atoms. The van der Waals surface area contributed by atoms with E-state index in [0.717, 1.165) is 27.1 Å². The van der Waals surface area contributed by atoms with Crippen molar-refractivity contribution in [2.75, 3.05) is 0 Å². The van der Waals surface area contributed by atoms with Crippen LogP contribution in [0.2, 0.25) is 5.02 Å². The minimum atomic E-state index is 0.782. The molecule has 2 aromatic heterocycles. The van der Waals surface area contributed by atoms with E-state index in [0.29, 0.717) is 0 Å². The average Bonchev–Trinajstić information content (AvgIpc) is 2.87. The molecule has 2 heterocycles. The fourth-order valence-corrected chi connectivity index (χ4v) is 3.34. The van der Waals surface area contributed by atoms with Crippen LogP contribution < -0.4 is 0 Å². The molecule has 0 unspecified atom stereocenters. The van der Waals surface area contributed by atoms with Gasteiger partial charge in [-0.2, -0.15) is 5.10 Å². The number of imidazole rings is 1. The number of aryl methyl sites for hydroxylation is 1. The minimum absolute atomic E-state index is 0.782. The number of benzene rings is 1. The maximum atomic E-state index is 6.01. The van der Waals surface area contributed by atoms with Gasteiger partial charge in [0, 0.05) is 17.0 Å². The van der Waals surface area contributed by atoms with Gasteiger partial charge in [-0.1, -0.05) is 29.0 Å². The summed E-state index contributed by atoms with van der Waals surface area (Å²) in [5.41, 5.74) is 4.69. The van der Waals surface area contributed by atoms with Crippen LogP contribution in [0.25, 0.3) is 16.2 Å². The highest BCUT2D eigenvalue weighted by Crippen LogP contribution is 2.38. The molecule has 0 radical (unpaired) electrons. The standard InChI is InChI=1S/C12H8ClN3S/c1-6-15-16-10-5-7-4-8(13)2-3-9(7)11(10)14-12(16)17-6/h2-4H,5H2,1H3. The Kier molecular flexibility index (Phi) is 1.75. The van der Waals surface area contributed by atoms with Crippen LogP contribution in [0.15, 0.2) is 18.2 Å². The molecule has 0 atom stereocenters. The van der Waals surface area contributed by atoms with E-state index < -0.39 is 0 Å². The molecule has 1 aliphatic carbocycles. The summed E-state index contributed by atoms with van der Waals surface area (Å²) in [7, 11) is 0. The zero-order valence-electron chi connectivity index (χ0n) is 9.07. The van der Waals surface area contributed by atoms with Gasteiger partial charge in [0.15, 0.2) is 0 Å². The molecule has 3 aromatic rings. The number of aromatic nitrogens is 3. The van der Waals surface area contributed by atoms with Gasteiger partial charge in [-0.25, -0.2) is 9.50 Å². The van der Waals surface area contributed by atoms with Gasteiger partial charge >= 0.3 is 0 Å². The van der Waals surface area contributed by atoms with Crippen LogP contribution in [0, 0.1) is 6.92 Å². The highest BCUT2D eigenvalue weighted by Gasteiger charge is 2.25. The van der Waals surface area contributed by atoms with Crippen LogP contribution in [0.4, 0.5) is 0 Å². The highest BCUT2D eigenvalue weighted by atomic mass is 35.5. The topological polar surface area (TPSA) is 30.2 Å². The Balaban J connectivity index is 2.04. The lowest BCUT2D eigenvalue weighted by molar-refractivity contribution is 0.889. The fourth-order valence-electron chi connectivity index (χ4n) is 2.38. The highest BCUT2D eigenvalue weighted by molar-refractivity contribution is 7.16. The Labute approximate surface area is 107 Å². The van der Waals surface area contributed by atoms with E-state index in [1.165, 1.54) is 16.8 Å². The Hall–Kier alpha value is -1.39. The summed E-state index contributed by atoms with van der Waals surface area (Å²) in [6.07, 6.45) is 0.871. The van der Waals surface area contributed by atoms with E-state index in [2.05, 4.69) is 10.1 Å². The van der Waals surface area contributed by atoms with Crippen LogP contribution in [-0.4, -0.2) is 14.6 Å². The monoisotopic (exact) mass is 261 g/mol. The first-order valence-electron chi connectivity index (χ1n) is 5.36. The molecular formula is C12H8ClN3S. The van der Waals surface area contributed by atoms with E-state index in [9.17, 15) is 0 Å². The number of halogens is 1. The molecule has 0 saturated heterocycles. The average molecular weight is 262 g/mol. The molecule has 0 spiro atoms. The van der Waals surface area contributed by atoms with Crippen LogP contribution in [0.1, 0.15) is 16.3 Å². The maximum absolute atomic E-state index is 6.01. The van der Waals surface area contributed by atoms with Gasteiger partial charge in [0.05, 0.1) is 11.4 Å². The molecule has 4 rings (SSSR count). The van der Waals surface area contributed by atoms with Crippen molar-refractivity contribution in [2.45, 2.75) is 13.3 Å². The molecule has 5 heteroatoms. The molecular weight excluding hydrogens is 254 g/mol. The second-order valence-electron chi connectivity index (χ2n) is 4.20. The summed E-state index contributed by atoms with van der Waals surface area (Å²) in [6.45, 7) is 2.00. The van der Waals surface area contributed by atoms with E-state index in [1.807, 2.05) is 29.6 Å². The van der Waals surface area contributed by atoms with Gasteiger partial charge in [0.2, 0.25) is 4.96 Å². The quantitative estimate of drug-likeness (QED) is 0.486. The van der Waals surface area contributed by atoms with Gasteiger partial charge < -0.3 is 0 Å². The molecule has 1 aromatic carbocycles. The number of hydrogen-bond donors (Lipinski definition) is 0. The first-order chi connectivity index (χ1) is 8.22. The first-order valence-corrected chi connectivity index (χ1v) is 6.55. The third kappa shape index (κ3) is 1.22. The first kappa shape index (κ1) is 9.62. The van der Waals surface area contributed by atoms with E-state index in [-0.39, 0.29) is 0 Å². The predicted molar refractivity (Wildman–Crippen MR) is 68.9 cm³/mol. The number of rotatable bonds is 0. The lowest BCUT2D eigenvalue weighted by Crippen LogP contribution is -1.91. The molecule has 0 N–H and O–H groups in total. The van der Waals surface area contributed by atoms with Gasteiger partial charge in [-0.3, -0.25) is 0 Å². The van der Waals surface area contributed by atoms with E-state index in [4.69, 9.17) is 11.6 Å². The summed E-state index contributed by atoms with van der Waals surface area (Å²) in [5.74, 6) is 0. The minimum Gasteiger partial charge on any atom is -0.217 e. The zero-order chi connectivity index (χ0) is 11.6. The van der Waals surface area contributed by atoms with Gasteiger partial charge in [-0.15, -0.1) is 0 Å². The van der Waals surface area contributed by atoms with Crippen molar-refractivity contribution in [3.8, 4) is 11.3 Å². The third-order valence-corrected chi connectivity index (χ3v) is 4.14. The summed E-state index contributed by atoms with van der Waals surface area (Å²) in [5, 5.41) is 6.32. The summed E-state index contributed by atoms with van der Waals surface area (Å²) in [4.78, 5) is 5.64. The summed E-state index contributed by atoms with van der Waals surface area (Å²) < 4.78 is 1.96. The summed E-state index contributed by atoms with van der Waals surface area (Å²) in [6, 6.07) is 5.99. The van der Waals surface area contributed by atoms with Crippen molar-refractivity contribution in [3.63, 3.8) is 0 Å². The second-order valence-corrected chi connectivity index (χ2v) is 5.80. The lowest BCUT2D eigenvalue weighted by Gasteiger charge is -1.98. The van der Waals surface area contributed by atoms with Crippen LogP contribution >= 0.6 is 22.9 Å². The van der Waals surface area contributed by atoms with E-state index in [1.54, 1.807) is 11.3 Å². The predicted octanol–water partition coefficient (Wildman–Crippen LogP) is 3.32. The molecule has 0 fully saturated rings. The fraction of sp³-hybridized carbons (Fsp3) is 0.167. The smallest absolute Gasteiger partial charge is 0.212 e. The van der Waals surface area contributed by atoms with Gasteiger partial charge in [0.1, 0.15) is 5.01 Å². The Morgan fingerprint density at radius 2 is 2.29 bits per heavy atom. The molecule has 1 aliphatic rings. The van der Waals surface area contributed by atoms with Gasteiger partial charge in [0.25, 0.3) is 0 Å². The van der Waals surface area contributed by atoms with Crippen molar-refractivity contribution >= 4 is 27.9 Å². The zero-order valence-corrected chi connectivity index (χ0v) is 10.6. The van der Waals surface area contributed by atoms with E-state index >= 15 is 0 Å². The summed E-state index contributed by atoms with van der Waals surface area (Å²) >= 11 is 7.64. The Bertz CT molecular complexity index is 757. The van der Waals surface area contributed by atoms with Crippen molar-refractivity contribution in [3.05, 3.63) is 39.5 Å². The molecule has 84 valence electrons. The van der Waals surface area contributed by atoms with Gasteiger partial charge in [-0.05, 0) is 24.6 Å². The molecule has 0 aliphatic heterocycles. The molecule has 0 saturated carbocycles. The van der Waals surface area contributed by atoms with Crippen LogP contribution in [0.3, 0.4) is 0 Å². The normalized spacial score (nSPS) is 13.1. The Morgan fingerprint density at radius 3 is 3.18 bits per heavy atom. The number of fused-ring (bicyclic) bond motifs is 5. The van der Waals surface area contributed by atoms with Crippen molar-refractivity contribution in [1.29, 1.82) is 0 Å². The van der Waals surface area contributed by atoms with Crippen molar-refractivity contribution in [1.82, 2.24) is 14.6 Å². The molecule has 3 nitrogen and oxygen atoms in total. The van der Waals surface area contributed by atoms with Crippen LogP contribution in [0.5, 0.6) is 0 Å². The Morgan fingerprint density at radius 1 is 1.41 bits per heavy atom. The molecule has 0 bridgehead atoms. The third-order valence-electron chi connectivity index (χ3n) is 3.08. The SMILES string of the molecule is Cc1nn2c3c(nc2s1)-c1ccc(Cl)cc1C3. The largest absolute Gasteiger partial charge is 0.217 e. The van der Waals surface area contributed by atoms with Crippen molar-refractivity contribution in [2.24, 2.45) is 0 Å². The molecule has 0 amide bonds. The van der Waals surface area contributed by atoms with Crippen molar-refractivity contribution < 1.29 is 0 Å².